The van der Waals surface area contributed by atoms with Crippen molar-refractivity contribution in [2.45, 2.75) is 25.6 Å². The van der Waals surface area contributed by atoms with Crippen molar-refractivity contribution in [1.82, 2.24) is 5.32 Å². The number of nitrogens with two attached hydrogens (primary N) is 2. The Labute approximate surface area is 232 Å². The van der Waals surface area contributed by atoms with Crippen LogP contribution in [0.3, 0.4) is 0 Å². The van der Waals surface area contributed by atoms with Crippen molar-refractivity contribution in [1.29, 1.82) is 0 Å². The molecule has 0 saturated heterocycles. The molecule has 9 nitrogen and oxygen atoms in total. The maximum atomic E-state index is 14.2. The predicted octanol–water partition coefficient (Wildman–Crippen LogP) is 3.46. The van der Waals surface area contributed by atoms with Gasteiger partial charge < -0.3 is 31.3 Å². The summed E-state index contributed by atoms with van der Waals surface area (Å²) < 4.78 is 5.70. The van der Waals surface area contributed by atoms with Crippen molar-refractivity contribution in [3.63, 3.8) is 0 Å². The molecule has 3 amide bonds. The molecule has 0 saturated carbocycles. The van der Waals surface area contributed by atoms with Gasteiger partial charge in [0.1, 0.15) is 11.8 Å². The molecule has 204 valence electrons. The number of hydrogen-bond donors (Lipinski definition) is 3. The van der Waals surface area contributed by atoms with E-state index in [4.69, 9.17) is 16.2 Å². The van der Waals surface area contributed by atoms with Gasteiger partial charge in [0.2, 0.25) is 5.91 Å². The Morgan fingerprint density at radius 2 is 1.65 bits per heavy atom. The summed E-state index contributed by atoms with van der Waals surface area (Å²) in [6.07, 6.45) is 0. The molecule has 0 aromatic heterocycles. The highest BCUT2D eigenvalue weighted by Gasteiger charge is 2.38. The first-order valence-corrected chi connectivity index (χ1v) is 13.0. The molecule has 1 aliphatic heterocycles. The highest BCUT2D eigenvalue weighted by molar-refractivity contribution is 6.13. The van der Waals surface area contributed by atoms with E-state index in [9.17, 15) is 14.4 Å². The van der Waals surface area contributed by atoms with Crippen molar-refractivity contribution in [3.8, 4) is 5.75 Å². The summed E-state index contributed by atoms with van der Waals surface area (Å²) in [4.78, 5) is 43.9. The molecule has 1 heterocycles. The van der Waals surface area contributed by atoms with Crippen molar-refractivity contribution >= 4 is 45.6 Å². The van der Waals surface area contributed by atoms with Crippen molar-refractivity contribution in [2.24, 2.45) is 5.73 Å². The molecule has 9 heteroatoms. The molecule has 4 aromatic rings. The van der Waals surface area contributed by atoms with E-state index in [0.717, 1.165) is 16.3 Å². The fourth-order valence-corrected chi connectivity index (χ4v) is 4.96. The van der Waals surface area contributed by atoms with Crippen molar-refractivity contribution < 1.29 is 19.1 Å². The number of anilines is 3. The second kappa shape index (κ2) is 11.1. The van der Waals surface area contributed by atoms with E-state index in [0.29, 0.717) is 28.4 Å². The van der Waals surface area contributed by atoms with Gasteiger partial charge in [-0.3, -0.25) is 14.4 Å². The number of methoxy groups -OCH3 is 1. The quantitative estimate of drug-likeness (QED) is 0.323. The summed E-state index contributed by atoms with van der Waals surface area (Å²) in [5.41, 5.74) is 14.5. The average Bonchev–Trinajstić information content (AvgIpc) is 3.08. The second-order valence-electron chi connectivity index (χ2n) is 9.77. The van der Waals surface area contributed by atoms with Crippen LogP contribution < -0.4 is 31.3 Å². The second-order valence-corrected chi connectivity index (χ2v) is 9.77. The Morgan fingerprint density at radius 1 is 0.975 bits per heavy atom. The van der Waals surface area contributed by atoms with Crippen LogP contribution in [0.25, 0.3) is 10.8 Å². The fraction of sp³-hybridized carbons (Fsp3) is 0.194. The molecule has 0 fully saturated rings. The molecule has 0 aliphatic carbocycles. The molecular formula is C31H31N5O4. The van der Waals surface area contributed by atoms with Gasteiger partial charge in [-0.15, -0.1) is 0 Å². The molecule has 1 aliphatic rings. The van der Waals surface area contributed by atoms with Crippen LogP contribution in [0, 0.1) is 0 Å². The van der Waals surface area contributed by atoms with E-state index in [1.54, 1.807) is 55.3 Å². The summed E-state index contributed by atoms with van der Waals surface area (Å²) in [6, 6.07) is 23.6. The zero-order chi connectivity index (χ0) is 28.4. The minimum atomic E-state index is -1.05. The first kappa shape index (κ1) is 26.7. The zero-order valence-corrected chi connectivity index (χ0v) is 22.3. The van der Waals surface area contributed by atoms with Crippen LogP contribution in [0.15, 0.2) is 84.9 Å². The fourth-order valence-electron chi connectivity index (χ4n) is 4.96. The molecule has 40 heavy (non-hydrogen) atoms. The molecule has 0 radical (unpaired) electrons. The lowest BCUT2D eigenvalue weighted by molar-refractivity contribution is -0.127. The Morgan fingerprint density at radius 3 is 2.35 bits per heavy atom. The average molecular weight is 538 g/mol. The maximum Gasteiger partial charge on any atom is 0.258 e. The number of carbonyl (C=O) groups is 3. The molecule has 0 unspecified atom stereocenters. The van der Waals surface area contributed by atoms with E-state index in [-0.39, 0.29) is 24.9 Å². The van der Waals surface area contributed by atoms with Crippen molar-refractivity contribution in [3.05, 3.63) is 96.1 Å². The summed E-state index contributed by atoms with van der Waals surface area (Å²) in [7, 11) is 1.59. The number of carbonyl (C=O) groups excluding carboxylic acids is 3. The predicted molar refractivity (Wildman–Crippen MR) is 156 cm³/mol. The third kappa shape index (κ3) is 5.06. The number of hydrogen-bond acceptors (Lipinski definition) is 6. The molecule has 4 aromatic carbocycles. The Bertz CT molecular complexity index is 1580. The molecule has 0 spiro atoms. The largest absolute Gasteiger partial charge is 0.496 e. The summed E-state index contributed by atoms with van der Waals surface area (Å²) >= 11 is 0. The topological polar surface area (TPSA) is 131 Å². The van der Waals surface area contributed by atoms with Crippen LogP contribution in [-0.2, 0) is 16.1 Å². The Hall–Kier alpha value is -4.89. The highest BCUT2D eigenvalue weighted by Crippen LogP contribution is 2.37. The number of benzene rings is 4. The summed E-state index contributed by atoms with van der Waals surface area (Å²) in [5, 5.41) is 4.70. The van der Waals surface area contributed by atoms with E-state index >= 15 is 0 Å². The van der Waals surface area contributed by atoms with Crippen molar-refractivity contribution in [2.75, 3.05) is 29.2 Å². The minimum Gasteiger partial charge on any atom is -0.496 e. The SMILES string of the molecule is COc1ccc2ccccc2c1CN1C(=O)[C@@H](NC(=O)[C@H](C)N)CN(C(=O)c2ccc(N)cc2)c2ccccc21. The number of nitrogens with zero attached hydrogens (tertiary/aromatic N) is 2. The molecule has 2 atom stereocenters. The Balaban J connectivity index is 1.65. The third-order valence-electron chi connectivity index (χ3n) is 7.06. The van der Waals surface area contributed by atoms with Gasteiger partial charge in [-0.2, -0.15) is 0 Å². The van der Waals surface area contributed by atoms with Gasteiger partial charge >= 0.3 is 0 Å². The lowest BCUT2D eigenvalue weighted by Crippen LogP contribution is -2.55. The molecular weight excluding hydrogens is 506 g/mol. The number of amides is 3. The van der Waals surface area contributed by atoms with E-state index in [1.807, 2.05) is 48.5 Å². The summed E-state index contributed by atoms with van der Waals surface area (Å²) in [6.45, 7) is 1.61. The monoisotopic (exact) mass is 537 g/mol. The standard InChI is InChI=1S/C31H31N5O4/c1-19(32)29(37)34-25-18-36(30(38)21-11-14-22(33)15-12-21)27-10-6-5-9-26(27)35(31(25)39)17-24-23-8-4-3-7-20(23)13-16-28(24)40-2/h3-16,19,25H,17-18,32-33H2,1-2H3,(H,34,37)/t19-,25-/m0/s1. The number of rotatable bonds is 6. The normalized spacial score (nSPS) is 15.8. The molecule has 5 rings (SSSR count). The van der Waals surface area contributed by atoms with Crippen LogP contribution in [0.1, 0.15) is 22.8 Å². The van der Waals surface area contributed by atoms with Crippen LogP contribution in [0.5, 0.6) is 5.75 Å². The smallest absolute Gasteiger partial charge is 0.258 e. The van der Waals surface area contributed by atoms with Gasteiger partial charge in [0.05, 0.1) is 37.6 Å². The van der Waals surface area contributed by atoms with Gasteiger partial charge in [-0.05, 0) is 60.2 Å². The van der Waals surface area contributed by atoms with E-state index in [1.165, 1.54) is 4.90 Å². The minimum absolute atomic E-state index is 0.0827. The number of ether oxygens (including phenoxy) is 1. The van der Waals surface area contributed by atoms with Gasteiger partial charge in [0, 0.05) is 16.8 Å². The maximum absolute atomic E-state index is 14.2. The van der Waals surface area contributed by atoms with Gasteiger partial charge in [0.25, 0.3) is 11.8 Å². The first-order valence-electron chi connectivity index (χ1n) is 13.0. The van der Waals surface area contributed by atoms with Crippen LogP contribution in [0.2, 0.25) is 0 Å². The number of fused-ring (bicyclic) bond motifs is 2. The summed E-state index contributed by atoms with van der Waals surface area (Å²) in [5.74, 6) is -0.569. The van der Waals surface area contributed by atoms with E-state index < -0.39 is 18.0 Å². The van der Waals surface area contributed by atoms with Gasteiger partial charge in [-0.1, -0.05) is 42.5 Å². The zero-order valence-electron chi connectivity index (χ0n) is 22.3. The van der Waals surface area contributed by atoms with Gasteiger partial charge in [-0.25, -0.2) is 0 Å². The number of para-hydroxylation sites is 2. The number of nitrogens with one attached hydrogen (secondary N) is 1. The number of nitrogen functional groups attached to an aromatic ring is 1. The van der Waals surface area contributed by atoms with Crippen LogP contribution >= 0.6 is 0 Å². The molecule has 0 bridgehead atoms. The Kier molecular flexibility index (Phi) is 7.39. The lowest BCUT2D eigenvalue weighted by Gasteiger charge is -2.27. The molecule has 5 N–H and O–H groups in total. The third-order valence-corrected chi connectivity index (χ3v) is 7.06. The van der Waals surface area contributed by atoms with E-state index in [2.05, 4.69) is 5.32 Å². The lowest BCUT2D eigenvalue weighted by atomic mass is 10.0. The van der Waals surface area contributed by atoms with Crippen LogP contribution in [-0.4, -0.2) is 43.5 Å². The van der Waals surface area contributed by atoms with Gasteiger partial charge in [0.15, 0.2) is 0 Å². The first-order chi connectivity index (χ1) is 19.3. The highest BCUT2D eigenvalue weighted by atomic mass is 16.5. The van der Waals surface area contributed by atoms with Crippen LogP contribution in [0.4, 0.5) is 17.1 Å².